The molecule has 1 amide bonds. The molecule has 0 bridgehead atoms. The highest BCUT2D eigenvalue weighted by Crippen LogP contribution is 2.31. The van der Waals surface area contributed by atoms with Crippen molar-refractivity contribution < 1.29 is 14.3 Å². The largest absolute Gasteiger partial charge is 0.467 e. The number of hydrogen-bond donors (Lipinski definition) is 2. The third kappa shape index (κ3) is 3.63. The maximum atomic E-state index is 12.1. The Morgan fingerprint density at radius 1 is 1.42 bits per heavy atom. The fraction of sp³-hybridized carbons (Fsp3) is 0.846. The standard InChI is InChI=1S/C13H22N2O3S/c1-18-12(17)13(4-2-3-5-13)15-11(16)8-10-9-19-7-6-14-10/h10,14H,2-9H2,1H3,(H,15,16). The van der Waals surface area contributed by atoms with Crippen molar-refractivity contribution in [2.24, 2.45) is 0 Å². The van der Waals surface area contributed by atoms with Crippen LogP contribution in [-0.2, 0) is 14.3 Å². The molecule has 2 rings (SSSR count). The average Bonchev–Trinajstić information content (AvgIpc) is 2.88. The van der Waals surface area contributed by atoms with Crippen molar-refractivity contribution in [3.8, 4) is 0 Å². The zero-order chi connectivity index (χ0) is 13.7. The monoisotopic (exact) mass is 286 g/mol. The molecule has 1 saturated heterocycles. The number of esters is 1. The van der Waals surface area contributed by atoms with Crippen LogP contribution in [-0.4, -0.2) is 48.6 Å². The van der Waals surface area contributed by atoms with Crippen LogP contribution in [0.5, 0.6) is 0 Å². The highest BCUT2D eigenvalue weighted by atomic mass is 32.2. The minimum Gasteiger partial charge on any atom is -0.467 e. The van der Waals surface area contributed by atoms with Crippen molar-refractivity contribution in [2.45, 2.75) is 43.7 Å². The first kappa shape index (κ1) is 14.7. The predicted octanol–water partition coefficient (Wildman–Crippen LogP) is 0.683. The van der Waals surface area contributed by atoms with Gasteiger partial charge in [-0.05, 0) is 12.8 Å². The van der Waals surface area contributed by atoms with E-state index < -0.39 is 5.54 Å². The van der Waals surface area contributed by atoms with E-state index in [1.807, 2.05) is 11.8 Å². The van der Waals surface area contributed by atoms with Crippen LogP contribution in [0, 0.1) is 0 Å². The van der Waals surface area contributed by atoms with Gasteiger partial charge >= 0.3 is 5.97 Å². The van der Waals surface area contributed by atoms with Gasteiger partial charge in [-0.2, -0.15) is 11.8 Å². The predicted molar refractivity (Wildman–Crippen MR) is 75.1 cm³/mol. The molecule has 6 heteroatoms. The third-order valence-corrected chi connectivity index (χ3v) is 4.97. The van der Waals surface area contributed by atoms with Crippen molar-refractivity contribution in [2.75, 3.05) is 25.2 Å². The van der Waals surface area contributed by atoms with Crippen molar-refractivity contribution in [3.63, 3.8) is 0 Å². The van der Waals surface area contributed by atoms with Gasteiger partial charge in [0.2, 0.25) is 5.91 Å². The van der Waals surface area contributed by atoms with Crippen LogP contribution in [0.25, 0.3) is 0 Å². The topological polar surface area (TPSA) is 67.4 Å². The summed E-state index contributed by atoms with van der Waals surface area (Å²) in [6.45, 7) is 0.949. The van der Waals surface area contributed by atoms with Gasteiger partial charge < -0.3 is 15.4 Å². The van der Waals surface area contributed by atoms with E-state index in [0.29, 0.717) is 19.3 Å². The van der Waals surface area contributed by atoms with Crippen LogP contribution in [0.4, 0.5) is 0 Å². The molecule has 108 valence electrons. The Morgan fingerprint density at radius 2 is 2.16 bits per heavy atom. The number of hydrogen-bond acceptors (Lipinski definition) is 5. The van der Waals surface area contributed by atoms with E-state index in [1.54, 1.807) is 0 Å². The van der Waals surface area contributed by atoms with Crippen molar-refractivity contribution in [1.29, 1.82) is 0 Å². The summed E-state index contributed by atoms with van der Waals surface area (Å²) < 4.78 is 4.85. The van der Waals surface area contributed by atoms with Crippen molar-refractivity contribution >= 4 is 23.6 Å². The van der Waals surface area contributed by atoms with E-state index in [2.05, 4.69) is 10.6 Å². The second-order valence-electron chi connectivity index (χ2n) is 5.26. The van der Waals surface area contributed by atoms with Gasteiger partial charge in [-0.1, -0.05) is 12.8 Å². The molecule has 2 fully saturated rings. The molecule has 19 heavy (non-hydrogen) atoms. The lowest BCUT2D eigenvalue weighted by Crippen LogP contribution is -2.54. The molecule has 1 heterocycles. The van der Waals surface area contributed by atoms with Crippen LogP contribution in [0.1, 0.15) is 32.1 Å². The quantitative estimate of drug-likeness (QED) is 0.744. The SMILES string of the molecule is COC(=O)C1(NC(=O)CC2CSCCN2)CCCC1. The molecule has 1 unspecified atom stereocenters. The zero-order valence-electron chi connectivity index (χ0n) is 11.4. The maximum Gasteiger partial charge on any atom is 0.331 e. The second-order valence-corrected chi connectivity index (χ2v) is 6.41. The molecule has 5 nitrogen and oxygen atoms in total. The highest BCUT2D eigenvalue weighted by Gasteiger charge is 2.43. The molecule has 1 atom stereocenters. The van der Waals surface area contributed by atoms with E-state index in [9.17, 15) is 9.59 Å². The number of carbonyl (C=O) groups is 2. The summed E-state index contributed by atoms with van der Waals surface area (Å²) in [4.78, 5) is 24.0. The summed E-state index contributed by atoms with van der Waals surface area (Å²) in [5.74, 6) is 1.71. The van der Waals surface area contributed by atoms with Crippen LogP contribution in [0.15, 0.2) is 0 Å². The van der Waals surface area contributed by atoms with Gasteiger partial charge in [0.25, 0.3) is 0 Å². The van der Waals surface area contributed by atoms with E-state index >= 15 is 0 Å². The van der Waals surface area contributed by atoms with Gasteiger partial charge in [-0.15, -0.1) is 0 Å². The molecule has 0 aromatic carbocycles. The number of carbonyl (C=O) groups excluding carboxylic acids is 2. The fourth-order valence-corrected chi connectivity index (χ4v) is 3.80. The Kier molecular flexibility index (Phi) is 5.10. The number of ether oxygens (including phenoxy) is 1. The summed E-state index contributed by atoms with van der Waals surface area (Å²) in [5.41, 5.74) is -0.770. The summed E-state index contributed by atoms with van der Waals surface area (Å²) in [6, 6.07) is 0.217. The van der Waals surface area contributed by atoms with Gasteiger partial charge in [0, 0.05) is 30.5 Å². The lowest BCUT2D eigenvalue weighted by molar-refractivity contribution is -0.150. The lowest BCUT2D eigenvalue weighted by atomic mass is 9.97. The Balaban J connectivity index is 1.89. The number of amides is 1. The Hall–Kier alpha value is -0.750. The number of methoxy groups -OCH3 is 1. The van der Waals surface area contributed by atoms with Crippen LogP contribution < -0.4 is 10.6 Å². The Labute approximate surface area is 118 Å². The van der Waals surface area contributed by atoms with Gasteiger partial charge in [0.1, 0.15) is 5.54 Å². The second kappa shape index (κ2) is 6.61. The van der Waals surface area contributed by atoms with Gasteiger partial charge in [0.05, 0.1) is 7.11 Å². The van der Waals surface area contributed by atoms with E-state index in [4.69, 9.17) is 4.74 Å². The number of rotatable bonds is 4. The van der Waals surface area contributed by atoms with E-state index in [1.165, 1.54) is 7.11 Å². The van der Waals surface area contributed by atoms with Crippen LogP contribution in [0.3, 0.4) is 0 Å². The maximum absolute atomic E-state index is 12.1. The van der Waals surface area contributed by atoms with Crippen molar-refractivity contribution in [3.05, 3.63) is 0 Å². The first-order chi connectivity index (χ1) is 9.16. The normalized spacial score (nSPS) is 25.8. The fourth-order valence-electron chi connectivity index (χ4n) is 2.85. The molecule has 2 aliphatic rings. The molecule has 0 radical (unpaired) electrons. The molecule has 1 aliphatic carbocycles. The summed E-state index contributed by atoms with van der Waals surface area (Å²) in [5, 5.41) is 6.26. The Bertz CT molecular complexity index is 337. The minimum absolute atomic E-state index is 0.0488. The first-order valence-corrected chi connectivity index (χ1v) is 8.02. The molecular weight excluding hydrogens is 264 g/mol. The Morgan fingerprint density at radius 3 is 2.74 bits per heavy atom. The van der Waals surface area contributed by atoms with Crippen LogP contribution in [0.2, 0.25) is 0 Å². The minimum atomic E-state index is -0.770. The zero-order valence-corrected chi connectivity index (χ0v) is 12.2. The summed E-state index contributed by atoms with van der Waals surface area (Å²) >= 11 is 1.86. The van der Waals surface area contributed by atoms with E-state index in [-0.39, 0.29) is 17.9 Å². The molecule has 1 aliphatic heterocycles. The first-order valence-electron chi connectivity index (χ1n) is 6.87. The molecule has 0 aromatic rings. The number of nitrogens with one attached hydrogen (secondary N) is 2. The number of thioether (sulfide) groups is 1. The van der Waals surface area contributed by atoms with E-state index in [0.717, 1.165) is 30.9 Å². The van der Waals surface area contributed by atoms with Crippen LogP contribution >= 0.6 is 11.8 Å². The molecule has 0 aromatic heterocycles. The third-order valence-electron chi connectivity index (χ3n) is 3.84. The summed E-state index contributed by atoms with van der Waals surface area (Å²) in [6.07, 6.45) is 3.75. The smallest absolute Gasteiger partial charge is 0.331 e. The summed E-state index contributed by atoms with van der Waals surface area (Å²) in [7, 11) is 1.38. The van der Waals surface area contributed by atoms with Gasteiger partial charge in [0.15, 0.2) is 0 Å². The molecule has 1 saturated carbocycles. The van der Waals surface area contributed by atoms with Gasteiger partial charge in [-0.25, -0.2) is 4.79 Å². The van der Waals surface area contributed by atoms with Gasteiger partial charge in [-0.3, -0.25) is 4.79 Å². The molecule has 2 N–H and O–H groups in total. The highest BCUT2D eigenvalue weighted by molar-refractivity contribution is 7.99. The molecule has 0 spiro atoms. The molecular formula is C13H22N2O3S. The lowest BCUT2D eigenvalue weighted by Gasteiger charge is -2.29. The van der Waals surface area contributed by atoms with Crippen molar-refractivity contribution in [1.82, 2.24) is 10.6 Å². The average molecular weight is 286 g/mol.